The number of imidazole rings is 1. The van der Waals surface area contributed by atoms with Crippen LogP contribution in [0.25, 0.3) is 0 Å². The maximum atomic E-state index is 14.1. The largest absolute Gasteiger partial charge is 0.442 e. The van der Waals surface area contributed by atoms with Gasteiger partial charge < -0.3 is 14.0 Å². The van der Waals surface area contributed by atoms with Crippen molar-refractivity contribution in [3.05, 3.63) is 71.8 Å². The van der Waals surface area contributed by atoms with Crippen LogP contribution >= 0.6 is 0 Å². The maximum absolute atomic E-state index is 14.1. The lowest BCUT2D eigenvalue weighted by atomic mass is 10.2. The Balaban J connectivity index is 2.22. The third-order valence-corrected chi connectivity index (χ3v) is 5.15. The molecule has 1 unspecified atom stereocenters. The summed E-state index contributed by atoms with van der Waals surface area (Å²) in [6.45, 7) is 9.01. The Bertz CT molecular complexity index is 1540. The third-order valence-electron chi connectivity index (χ3n) is 5.15. The van der Waals surface area contributed by atoms with Crippen molar-refractivity contribution in [3.8, 4) is 17.9 Å². The SMILES string of the molecule is CC(C)(C)OC(=O)N(C(=O)c1nccn1C1C#CC=C(C#N)C=C1)N(C(=O)OC(C)(C)C)c1cccc(C(F)(F)F)c1. The summed E-state index contributed by atoms with van der Waals surface area (Å²) >= 11 is 0. The van der Waals surface area contributed by atoms with Crippen LogP contribution in [0.15, 0.2) is 60.5 Å². The maximum Gasteiger partial charge on any atom is 0.437 e. The number of amides is 3. The molecule has 0 aliphatic heterocycles. The van der Waals surface area contributed by atoms with E-state index in [4.69, 9.17) is 9.47 Å². The standard InChI is InChI=1S/C29H28F3N5O5/c1-27(2,3)41-25(39)36(22-12-8-10-20(17-22)29(30,31)32)37(26(40)42-28(4,5)6)24(38)23-34-15-16-35(23)21-11-7-9-19(18-33)13-14-21/h8-10,12-17,21H,1-6H3. The molecule has 1 aliphatic carbocycles. The van der Waals surface area contributed by atoms with Gasteiger partial charge in [0.1, 0.15) is 17.2 Å². The zero-order valence-electron chi connectivity index (χ0n) is 23.7. The van der Waals surface area contributed by atoms with Crippen LogP contribution in [0.2, 0.25) is 0 Å². The number of nitriles is 1. The minimum atomic E-state index is -4.81. The highest BCUT2D eigenvalue weighted by molar-refractivity contribution is 6.06. The first-order chi connectivity index (χ1) is 19.4. The van der Waals surface area contributed by atoms with Crippen molar-refractivity contribution in [2.45, 2.75) is 65.0 Å². The highest BCUT2D eigenvalue weighted by atomic mass is 19.4. The number of aromatic nitrogens is 2. The molecule has 3 amide bonds. The van der Waals surface area contributed by atoms with Crippen molar-refractivity contribution in [1.29, 1.82) is 5.26 Å². The second-order valence-corrected chi connectivity index (χ2v) is 10.9. The summed E-state index contributed by atoms with van der Waals surface area (Å²) in [4.78, 5) is 45.3. The molecule has 10 nitrogen and oxygen atoms in total. The van der Waals surface area contributed by atoms with E-state index in [-0.39, 0.29) is 10.6 Å². The Labute approximate surface area is 240 Å². The normalized spacial score (nSPS) is 14.9. The Hall–Kier alpha value is -5.04. The number of nitrogens with zero attached hydrogens (tertiary/aromatic N) is 5. The average molecular weight is 584 g/mol. The van der Waals surface area contributed by atoms with Gasteiger partial charge >= 0.3 is 24.3 Å². The van der Waals surface area contributed by atoms with Gasteiger partial charge in [-0.15, -0.1) is 5.01 Å². The molecule has 1 heterocycles. The molecule has 13 heteroatoms. The summed E-state index contributed by atoms with van der Waals surface area (Å²) in [5.74, 6) is 3.88. The molecule has 1 aromatic carbocycles. The molecule has 3 rings (SSSR count). The molecule has 0 spiro atoms. The number of imide groups is 1. The first-order valence-corrected chi connectivity index (χ1v) is 12.5. The Morgan fingerprint density at radius 1 is 1.05 bits per heavy atom. The highest BCUT2D eigenvalue weighted by Gasteiger charge is 2.42. The van der Waals surface area contributed by atoms with E-state index in [0.29, 0.717) is 11.1 Å². The van der Waals surface area contributed by atoms with E-state index in [9.17, 15) is 32.8 Å². The lowest BCUT2D eigenvalue weighted by Gasteiger charge is -2.35. The number of halogens is 3. The summed E-state index contributed by atoms with van der Waals surface area (Å²) in [5, 5.41) is 9.80. The van der Waals surface area contributed by atoms with Crippen LogP contribution in [0, 0.1) is 23.2 Å². The fourth-order valence-electron chi connectivity index (χ4n) is 3.51. The van der Waals surface area contributed by atoms with Gasteiger partial charge in [-0.3, -0.25) is 4.79 Å². The van der Waals surface area contributed by atoms with Crippen molar-refractivity contribution < 1.29 is 37.0 Å². The van der Waals surface area contributed by atoms with Crippen LogP contribution in [-0.4, -0.2) is 43.9 Å². The van der Waals surface area contributed by atoms with Gasteiger partial charge in [0.25, 0.3) is 0 Å². The third kappa shape index (κ3) is 7.79. The molecule has 1 atom stereocenters. The van der Waals surface area contributed by atoms with E-state index in [1.54, 1.807) is 0 Å². The van der Waals surface area contributed by atoms with Gasteiger partial charge in [0, 0.05) is 18.5 Å². The number of carbonyl (C=O) groups excluding carboxylic acids is 3. The molecule has 0 saturated heterocycles. The molecule has 1 aliphatic rings. The number of hydrogen-bond acceptors (Lipinski definition) is 7. The first kappa shape index (κ1) is 31.5. The van der Waals surface area contributed by atoms with Crippen LogP contribution in [-0.2, 0) is 15.7 Å². The average Bonchev–Trinajstić information content (AvgIpc) is 3.22. The molecule has 2 aromatic rings. The summed E-state index contributed by atoms with van der Waals surface area (Å²) in [6, 6.07) is 4.59. The van der Waals surface area contributed by atoms with Gasteiger partial charge in [0.15, 0.2) is 0 Å². The van der Waals surface area contributed by atoms with Gasteiger partial charge in [-0.2, -0.15) is 23.4 Å². The number of ether oxygens (including phenoxy) is 2. The van der Waals surface area contributed by atoms with Crippen molar-refractivity contribution in [2.24, 2.45) is 0 Å². The Morgan fingerprint density at radius 3 is 2.29 bits per heavy atom. The number of benzene rings is 1. The minimum absolute atomic E-state index is 0.237. The zero-order valence-corrected chi connectivity index (χ0v) is 23.7. The number of hydrogen-bond donors (Lipinski definition) is 0. The molecule has 1 aromatic heterocycles. The number of hydrazine groups is 1. The molecule has 0 bridgehead atoms. The van der Waals surface area contributed by atoms with Gasteiger partial charge in [-0.05, 0) is 71.9 Å². The summed E-state index contributed by atoms with van der Waals surface area (Å²) < 4.78 is 53.0. The van der Waals surface area contributed by atoms with Crippen molar-refractivity contribution in [3.63, 3.8) is 0 Å². The monoisotopic (exact) mass is 583 g/mol. The Kier molecular flexibility index (Phi) is 8.87. The first-order valence-electron chi connectivity index (χ1n) is 12.5. The van der Waals surface area contributed by atoms with Crippen LogP contribution in [0.3, 0.4) is 0 Å². The lowest BCUT2D eigenvalue weighted by Crippen LogP contribution is -2.56. The van der Waals surface area contributed by atoms with Gasteiger partial charge in [-0.1, -0.05) is 17.9 Å². The fraction of sp³-hybridized carbons (Fsp3) is 0.345. The van der Waals surface area contributed by atoms with Crippen LogP contribution in [0.4, 0.5) is 28.4 Å². The number of allylic oxidation sites excluding steroid dienone is 4. The van der Waals surface area contributed by atoms with E-state index in [1.165, 1.54) is 76.7 Å². The van der Waals surface area contributed by atoms with E-state index >= 15 is 0 Å². The fourth-order valence-corrected chi connectivity index (χ4v) is 3.51. The van der Waals surface area contributed by atoms with E-state index in [1.807, 2.05) is 6.07 Å². The molecule has 0 radical (unpaired) electrons. The number of alkyl halides is 3. The molecule has 0 N–H and O–H groups in total. The molecule has 0 saturated carbocycles. The summed E-state index contributed by atoms with van der Waals surface area (Å²) in [7, 11) is 0. The smallest absolute Gasteiger partial charge is 0.437 e. The van der Waals surface area contributed by atoms with Crippen LogP contribution in [0.5, 0.6) is 0 Å². The van der Waals surface area contributed by atoms with Crippen molar-refractivity contribution in [2.75, 3.05) is 5.01 Å². The predicted molar refractivity (Wildman–Crippen MR) is 144 cm³/mol. The Morgan fingerprint density at radius 2 is 1.69 bits per heavy atom. The molecule has 0 fully saturated rings. The highest BCUT2D eigenvalue weighted by Crippen LogP contribution is 2.33. The van der Waals surface area contributed by atoms with Crippen LogP contribution in [0.1, 0.15) is 63.8 Å². The quantitative estimate of drug-likeness (QED) is 0.312. The topological polar surface area (TPSA) is 118 Å². The number of anilines is 1. The summed E-state index contributed by atoms with van der Waals surface area (Å²) in [6.07, 6.45) is -0.562. The number of rotatable bonds is 3. The lowest BCUT2D eigenvalue weighted by molar-refractivity contribution is -0.137. The molecule has 42 heavy (non-hydrogen) atoms. The van der Waals surface area contributed by atoms with E-state index in [2.05, 4.69) is 16.8 Å². The van der Waals surface area contributed by atoms with Crippen molar-refractivity contribution >= 4 is 23.8 Å². The molecular formula is C29H28F3N5O5. The number of carbonyl (C=O) groups is 3. The van der Waals surface area contributed by atoms with Gasteiger partial charge in [-0.25, -0.2) is 14.6 Å². The van der Waals surface area contributed by atoms with Crippen molar-refractivity contribution in [1.82, 2.24) is 14.6 Å². The second kappa shape index (κ2) is 11.8. The molecule has 220 valence electrons. The minimum Gasteiger partial charge on any atom is -0.442 e. The zero-order chi connectivity index (χ0) is 31.5. The summed E-state index contributed by atoms with van der Waals surface area (Å²) in [5.41, 5.74) is -3.76. The van der Waals surface area contributed by atoms with E-state index < -0.39 is 58.6 Å². The predicted octanol–water partition coefficient (Wildman–Crippen LogP) is 6.20. The van der Waals surface area contributed by atoms with Gasteiger partial charge in [0.2, 0.25) is 5.82 Å². The second-order valence-electron chi connectivity index (χ2n) is 10.9. The molecular weight excluding hydrogens is 555 g/mol. The van der Waals surface area contributed by atoms with Crippen LogP contribution < -0.4 is 5.01 Å². The van der Waals surface area contributed by atoms with Gasteiger partial charge in [0.05, 0.1) is 22.9 Å². The van der Waals surface area contributed by atoms with E-state index in [0.717, 1.165) is 18.2 Å².